The van der Waals surface area contributed by atoms with Crippen molar-refractivity contribution in [1.29, 1.82) is 0 Å². The van der Waals surface area contributed by atoms with Gasteiger partial charge in [0.2, 0.25) is 0 Å². The van der Waals surface area contributed by atoms with Gasteiger partial charge in [0.25, 0.3) is 0 Å². The molecule has 4 aromatic rings. The number of hydrogen-bond donors (Lipinski definition) is 0. The molecule has 2 aromatic heterocycles. The summed E-state index contributed by atoms with van der Waals surface area (Å²) in [6.45, 7) is 1.99. The van der Waals surface area contributed by atoms with Crippen LogP contribution >= 0.6 is 0 Å². The van der Waals surface area contributed by atoms with Crippen LogP contribution in [-0.4, -0.2) is 26.2 Å². The van der Waals surface area contributed by atoms with Gasteiger partial charge in [-0.3, -0.25) is 4.79 Å². The van der Waals surface area contributed by atoms with Crippen molar-refractivity contribution in [3.05, 3.63) is 71.7 Å². The van der Waals surface area contributed by atoms with Crippen LogP contribution in [0.15, 0.2) is 59.2 Å². The molecule has 0 saturated carbocycles. The molecule has 2 aromatic carbocycles. The molecule has 0 atom stereocenters. The molecule has 2 heterocycles. The second kappa shape index (κ2) is 6.79. The standard InChI is InChI=1S/C19H16N4O3/c1-13-7-8-16-14(11-25-17(16)9-13)10-19(24)26-12-18-20-21-22-23(18)15-5-3-2-4-6-15/h2-9,11H,10,12H2,1H3. The maximum Gasteiger partial charge on any atom is 0.310 e. The zero-order valence-electron chi connectivity index (χ0n) is 14.1. The lowest BCUT2D eigenvalue weighted by Gasteiger charge is -2.05. The highest BCUT2D eigenvalue weighted by Gasteiger charge is 2.14. The van der Waals surface area contributed by atoms with E-state index in [9.17, 15) is 4.79 Å². The van der Waals surface area contributed by atoms with Gasteiger partial charge in [0.05, 0.1) is 18.4 Å². The van der Waals surface area contributed by atoms with E-state index in [-0.39, 0.29) is 19.0 Å². The molecule has 0 amide bonds. The van der Waals surface area contributed by atoms with Crippen LogP contribution in [0, 0.1) is 6.92 Å². The van der Waals surface area contributed by atoms with Gasteiger partial charge in [0.15, 0.2) is 12.4 Å². The van der Waals surface area contributed by atoms with Gasteiger partial charge in [-0.25, -0.2) is 0 Å². The smallest absolute Gasteiger partial charge is 0.310 e. The van der Waals surface area contributed by atoms with Crippen LogP contribution in [0.25, 0.3) is 16.7 Å². The lowest BCUT2D eigenvalue weighted by molar-refractivity contribution is -0.144. The van der Waals surface area contributed by atoms with Gasteiger partial charge >= 0.3 is 5.97 Å². The molecule has 0 fully saturated rings. The maximum absolute atomic E-state index is 12.2. The molecule has 0 radical (unpaired) electrons. The third-order valence-electron chi connectivity index (χ3n) is 4.04. The summed E-state index contributed by atoms with van der Waals surface area (Å²) < 4.78 is 12.4. The predicted octanol–water partition coefficient (Wildman–Crippen LogP) is 3.00. The molecular weight excluding hydrogens is 332 g/mol. The molecule has 0 aliphatic heterocycles. The van der Waals surface area contributed by atoms with Crippen LogP contribution < -0.4 is 0 Å². The SMILES string of the molecule is Cc1ccc2c(CC(=O)OCc3nnnn3-c3ccccc3)coc2c1. The lowest BCUT2D eigenvalue weighted by Crippen LogP contribution is -2.11. The van der Waals surface area contributed by atoms with Crippen LogP contribution in [0.3, 0.4) is 0 Å². The largest absolute Gasteiger partial charge is 0.464 e. The molecule has 0 aliphatic carbocycles. The summed E-state index contributed by atoms with van der Waals surface area (Å²) in [6, 6.07) is 15.3. The predicted molar refractivity (Wildman–Crippen MR) is 93.6 cm³/mol. The van der Waals surface area contributed by atoms with Crippen molar-refractivity contribution in [3.8, 4) is 5.69 Å². The first-order chi connectivity index (χ1) is 12.7. The fourth-order valence-corrected chi connectivity index (χ4v) is 2.74. The molecule has 4 rings (SSSR count). The van der Waals surface area contributed by atoms with E-state index in [0.29, 0.717) is 5.82 Å². The summed E-state index contributed by atoms with van der Waals surface area (Å²) in [4.78, 5) is 12.2. The van der Waals surface area contributed by atoms with Crippen molar-refractivity contribution < 1.29 is 13.9 Å². The summed E-state index contributed by atoms with van der Waals surface area (Å²) in [7, 11) is 0. The number of fused-ring (bicyclic) bond motifs is 1. The third-order valence-corrected chi connectivity index (χ3v) is 4.04. The van der Waals surface area contributed by atoms with Crippen molar-refractivity contribution in [3.63, 3.8) is 0 Å². The van der Waals surface area contributed by atoms with E-state index < -0.39 is 0 Å². The van der Waals surface area contributed by atoms with Gasteiger partial charge in [-0.1, -0.05) is 30.3 Å². The summed E-state index contributed by atoms with van der Waals surface area (Å²) in [5.41, 5.74) is 3.47. The van der Waals surface area contributed by atoms with Gasteiger partial charge in [-0.2, -0.15) is 4.68 Å². The van der Waals surface area contributed by atoms with E-state index in [0.717, 1.165) is 27.8 Å². The molecule has 0 unspecified atom stereocenters. The minimum absolute atomic E-state index is 0.00435. The number of ether oxygens (including phenoxy) is 1. The Kier molecular flexibility index (Phi) is 4.18. The van der Waals surface area contributed by atoms with Crippen molar-refractivity contribution in [2.24, 2.45) is 0 Å². The van der Waals surface area contributed by atoms with Gasteiger partial charge in [-0.15, -0.1) is 5.10 Å². The number of aryl methyl sites for hydroxylation is 1. The number of tetrazole rings is 1. The molecule has 0 saturated heterocycles. The van der Waals surface area contributed by atoms with Crippen LogP contribution in [0.1, 0.15) is 17.0 Å². The van der Waals surface area contributed by atoms with Crippen LogP contribution in [0.4, 0.5) is 0 Å². The molecule has 7 nitrogen and oxygen atoms in total. The Labute approximate surface area is 149 Å². The van der Waals surface area contributed by atoms with E-state index in [1.807, 2.05) is 55.5 Å². The molecule has 0 N–H and O–H groups in total. The normalized spacial score (nSPS) is 11.0. The number of aromatic nitrogens is 4. The van der Waals surface area contributed by atoms with Crippen molar-refractivity contribution in [2.75, 3.05) is 0 Å². The van der Waals surface area contributed by atoms with Crippen molar-refractivity contribution in [2.45, 2.75) is 20.0 Å². The van der Waals surface area contributed by atoms with Gasteiger partial charge in [0, 0.05) is 10.9 Å². The second-order valence-corrected chi connectivity index (χ2v) is 5.94. The number of carbonyl (C=O) groups is 1. The zero-order valence-corrected chi connectivity index (χ0v) is 14.1. The second-order valence-electron chi connectivity index (χ2n) is 5.94. The molecule has 7 heteroatoms. The molecular formula is C19H16N4O3. The van der Waals surface area contributed by atoms with Crippen molar-refractivity contribution in [1.82, 2.24) is 20.2 Å². The van der Waals surface area contributed by atoms with Crippen LogP contribution in [0.2, 0.25) is 0 Å². The van der Waals surface area contributed by atoms with Crippen LogP contribution in [0.5, 0.6) is 0 Å². The molecule has 0 aliphatic rings. The number of nitrogens with zero attached hydrogens (tertiary/aromatic N) is 4. The first-order valence-electron chi connectivity index (χ1n) is 8.16. The van der Waals surface area contributed by atoms with E-state index in [4.69, 9.17) is 9.15 Å². The van der Waals surface area contributed by atoms with Gasteiger partial charge in [-0.05, 0) is 41.1 Å². The molecule has 130 valence electrons. The summed E-state index contributed by atoms with van der Waals surface area (Å²) >= 11 is 0. The van der Waals surface area contributed by atoms with E-state index >= 15 is 0 Å². The first kappa shape index (κ1) is 16.0. The Morgan fingerprint density at radius 2 is 2.04 bits per heavy atom. The number of para-hydroxylation sites is 1. The monoisotopic (exact) mass is 348 g/mol. The number of carbonyl (C=O) groups excluding carboxylic acids is 1. The summed E-state index contributed by atoms with van der Waals surface area (Å²) in [6.07, 6.45) is 1.72. The van der Waals surface area contributed by atoms with E-state index in [2.05, 4.69) is 15.5 Å². The number of benzene rings is 2. The highest BCUT2D eigenvalue weighted by atomic mass is 16.5. The van der Waals surface area contributed by atoms with E-state index in [1.54, 1.807) is 10.9 Å². The number of furan rings is 1. The topological polar surface area (TPSA) is 83.0 Å². The number of rotatable bonds is 5. The fraction of sp³-hybridized carbons (Fsp3) is 0.158. The average molecular weight is 348 g/mol. The zero-order chi connectivity index (χ0) is 17.9. The number of esters is 1. The quantitative estimate of drug-likeness (QED) is 0.516. The molecule has 0 bridgehead atoms. The molecule has 0 spiro atoms. The van der Waals surface area contributed by atoms with Crippen LogP contribution in [-0.2, 0) is 22.6 Å². The Hall–Kier alpha value is -3.48. The number of hydrogen-bond acceptors (Lipinski definition) is 6. The van der Waals surface area contributed by atoms with Gasteiger partial charge in [0.1, 0.15) is 5.58 Å². The third kappa shape index (κ3) is 3.19. The highest BCUT2D eigenvalue weighted by molar-refractivity contribution is 5.86. The summed E-state index contributed by atoms with van der Waals surface area (Å²) in [5, 5.41) is 12.4. The Morgan fingerprint density at radius 1 is 1.19 bits per heavy atom. The first-order valence-corrected chi connectivity index (χ1v) is 8.16. The Morgan fingerprint density at radius 3 is 2.88 bits per heavy atom. The fourth-order valence-electron chi connectivity index (χ4n) is 2.74. The van der Waals surface area contributed by atoms with E-state index in [1.165, 1.54) is 0 Å². The van der Waals surface area contributed by atoms with Crippen molar-refractivity contribution >= 4 is 16.9 Å². The average Bonchev–Trinajstić information content (AvgIpc) is 3.27. The van der Waals surface area contributed by atoms with Gasteiger partial charge < -0.3 is 9.15 Å². The minimum atomic E-state index is -0.365. The Balaban J connectivity index is 1.44. The lowest BCUT2D eigenvalue weighted by atomic mass is 10.1. The molecule has 26 heavy (non-hydrogen) atoms. The minimum Gasteiger partial charge on any atom is -0.464 e. The maximum atomic E-state index is 12.2. The highest BCUT2D eigenvalue weighted by Crippen LogP contribution is 2.23. The Bertz CT molecular complexity index is 1050. The summed E-state index contributed by atoms with van der Waals surface area (Å²) in [5.74, 6) is 0.0908.